The number of nitrogens with zero attached hydrogens (tertiary/aromatic N) is 1. The summed E-state index contributed by atoms with van der Waals surface area (Å²) in [6.07, 6.45) is 1.51. The van der Waals surface area contributed by atoms with Crippen LogP contribution in [0.25, 0.3) is 0 Å². The molecule has 1 aromatic carbocycles. The van der Waals surface area contributed by atoms with E-state index in [1.165, 1.54) is 23.3 Å². The summed E-state index contributed by atoms with van der Waals surface area (Å²) in [5, 5.41) is 0. The maximum atomic E-state index is 12.9. The van der Waals surface area contributed by atoms with Crippen LogP contribution in [0.2, 0.25) is 0 Å². The zero-order valence-corrected chi connectivity index (χ0v) is 12.1. The summed E-state index contributed by atoms with van der Waals surface area (Å²) in [5.41, 5.74) is 1.07. The Hall–Kier alpha value is -1.85. The van der Waals surface area contributed by atoms with Gasteiger partial charge in [-0.3, -0.25) is 9.69 Å². The highest BCUT2D eigenvalue weighted by Gasteiger charge is 2.26. The van der Waals surface area contributed by atoms with Crippen LogP contribution in [0, 0.1) is 5.82 Å². The van der Waals surface area contributed by atoms with Crippen molar-refractivity contribution in [2.45, 2.75) is 0 Å². The van der Waals surface area contributed by atoms with Gasteiger partial charge in [-0.05, 0) is 24.3 Å². The Labute approximate surface area is 128 Å². The third-order valence-electron chi connectivity index (χ3n) is 3.64. The number of rotatable bonds is 2. The Bertz CT molecular complexity index is 578. The van der Waals surface area contributed by atoms with Crippen molar-refractivity contribution in [1.82, 2.24) is 4.90 Å². The number of quaternary nitrogens is 1. The lowest BCUT2D eigenvalue weighted by Gasteiger charge is -2.31. The summed E-state index contributed by atoms with van der Waals surface area (Å²) >= 11 is 0. The fourth-order valence-corrected chi connectivity index (χ4v) is 2.51. The van der Waals surface area contributed by atoms with E-state index in [0.717, 1.165) is 18.8 Å². The molecule has 21 heavy (non-hydrogen) atoms. The fourth-order valence-electron chi connectivity index (χ4n) is 2.51. The van der Waals surface area contributed by atoms with Gasteiger partial charge in [-0.25, -0.2) is 4.39 Å². The van der Waals surface area contributed by atoms with Crippen LogP contribution in [0.5, 0.6) is 0 Å². The zero-order valence-electron chi connectivity index (χ0n) is 11.4. The Kier molecular flexibility index (Phi) is 4.98. The van der Waals surface area contributed by atoms with E-state index >= 15 is 0 Å². The fraction of sp³-hybridized carbons (Fsp3) is 0.267. The molecule has 1 fully saturated rings. The summed E-state index contributed by atoms with van der Waals surface area (Å²) in [5.74, 6) is 0.100. The average molecular weight is 311 g/mol. The van der Waals surface area contributed by atoms with Crippen molar-refractivity contribution in [3.05, 3.63) is 54.2 Å². The van der Waals surface area contributed by atoms with Crippen molar-refractivity contribution in [1.29, 1.82) is 0 Å². The second-order valence-corrected chi connectivity index (χ2v) is 4.88. The topological polar surface area (TPSA) is 37.9 Å². The molecule has 1 aromatic heterocycles. The summed E-state index contributed by atoms with van der Waals surface area (Å²) in [6, 6.07) is 9.95. The smallest absolute Gasteiger partial charge is 0.289 e. The summed E-state index contributed by atoms with van der Waals surface area (Å²) in [4.78, 5) is 15.2. The van der Waals surface area contributed by atoms with E-state index in [1.807, 2.05) is 0 Å². The lowest BCUT2D eigenvalue weighted by atomic mass is 10.2. The van der Waals surface area contributed by atoms with Gasteiger partial charge in [-0.2, -0.15) is 0 Å². The molecule has 0 bridgehead atoms. The zero-order chi connectivity index (χ0) is 13.9. The van der Waals surface area contributed by atoms with Crippen molar-refractivity contribution < 1.29 is 30.9 Å². The first-order valence-electron chi connectivity index (χ1n) is 6.67. The van der Waals surface area contributed by atoms with E-state index in [4.69, 9.17) is 4.42 Å². The monoisotopic (exact) mass is 310 g/mol. The minimum absolute atomic E-state index is 0. The number of piperazine rings is 1. The van der Waals surface area contributed by atoms with Crippen LogP contribution >= 0.6 is 0 Å². The maximum Gasteiger partial charge on any atom is 0.289 e. The molecule has 0 radical (unpaired) electrons. The van der Waals surface area contributed by atoms with Crippen molar-refractivity contribution in [2.75, 3.05) is 26.2 Å². The van der Waals surface area contributed by atoms with Gasteiger partial charge in [0.2, 0.25) is 0 Å². The molecule has 1 saturated heterocycles. The highest BCUT2D eigenvalue weighted by molar-refractivity contribution is 5.91. The number of nitrogens with one attached hydrogen (secondary N) is 1. The second-order valence-electron chi connectivity index (χ2n) is 4.88. The molecule has 0 atom stereocenters. The Morgan fingerprint density at radius 2 is 1.81 bits per heavy atom. The largest absolute Gasteiger partial charge is 1.00 e. The molecule has 0 spiro atoms. The molecule has 2 heterocycles. The van der Waals surface area contributed by atoms with Crippen LogP contribution in [-0.2, 0) is 0 Å². The third-order valence-corrected chi connectivity index (χ3v) is 3.64. The summed E-state index contributed by atoms with van der Waals surface area (Å²) in [7, 11) is 0. The number of hydrogen-bond donors (Lipinski definition) is 1. The first-order chi connectivity index (χ1) is 9.74. The van der Waals surface area contributed by atoms with Crippen LogP contribution < -0.4 is 17.3 Å². The molecule has 0 unspecified atom stereocenters. The average Bonchev–Trinajstić information content (AvgIpc) is 3.02. The van der Waals surface area contributed by atoms with Gasteiger partial charge >= 0.3 is 0 Å². The van der Waals surface area contributed by atoms with Gasteiger partial charge in [0.15, 0.2) is 5.76 Å². The van der Waals surface area contributed by atoms with Crippen LogP contribution in [-0.4, -0.2) is 37.0 Å². The van der Waals surface area contributed by atoms with Crippen LogP contribution in [0.1, 0.15) is 10.6 Å². The van der Waals surface area contributed by atoms with E-state index in [1.54, 1.807) is 29.2 Å². The van der Waals surface area contributed by atoms with Gasteiger partial charge in [0, 0.05) is 12.1 Å². The second kappa shape index (κ2) is 6.74. The van der Waals surface area contributed by atoms with Crippen LogP contribution in [0.3, 0.4) is 0 Å². The Morgan fingerprint density at radius 1 is 1.14 bits per heavy atom. The van der Waals surface area contributed by atoms with Gasteiger partial charge < -0.3 is 21.7 Å². The van der Waals surface area contributed by atoms with E-state index in [0.29, 0.717) is 18.8 Å². The third kappa shape index (κ3) is 3.43. The molecule has 2 aromatic rings. The molecule has 4 nitrogen and oxygen atoms in total. The number of benzene rings is 1. The van der Waals surface area contributed by atoms with Crippen molar-refractivity contribution in [3.8, 4) is 0 Å². The number of carbonyl (C=O) groups excluding carboxylic acids is 1. The minimum atomic E-state index is -0.222. The molecule has 0 aliphatic carbocycles. The Morgan fingerprint density at radius 3 is 2.38 bits per heavy atom. The van der Waals surface area contributed by atoms with Crippen molar-refractivity contribution in [2.24, 2.45) is 0 Å². The lowest BCUT2D eigenvalue weighted by Crippen LogP contribution is -3.10. The summed E-state index contributed by atoms with van der Waals surface area (Å²) in [6.45, 7) is 2.98. The first-order valence-corrected chi connectivity index (χ1v) is 6.67. The molecule has 112 valence electrons. The van der Waals surface area contributed by atoms with Gasteiger partial charge in [0.05, 0.1) is 32.4 Å². The van der Waals surface area contributed by atoms with E-state index in [2.05, 4.69) is 0 Å². The van der Waals surface area contributed by atoms with E-state index in [-0.39, 0.29) is 24.1 Å². The number of furan rings is 1. The minimum Gasteiger partial charge on any atom is -1.00 e. The lowest BCUT2D eigenvalue weighted by molar-refractivity contribution is -0.837. The van der Waals surface area contributed by atoms with Gasteiger partial charge in [-0.1, -0.05) is 0 Å². The Balaban J connectivity index is 0.00000161. The number of carbonyl (C=O) groups is 1. The first kappa shape index (κ1) is 15.5. The SMILES string of the molecule is O=C(c1ccco1)N1CC[NH+](c2ccc(F)cc2)CC1.[Cl-]. The van der Waals surface area contributed by atoms with Gasteiger partial charge in [-0.15, -0.1) is 0 Å². The van der Waals surface area contributed by atoms with Crippen molar-refractivity contribution in [3.63, 3.8) is 0 Å². The van der Waals surface area contributed by atoms with Crippen LogP contribution in [0.15, 0.2) is 47.1 Å². The standard InChI is InChI=1S/C15H15FN2O2.ClH/c16-12-3-5-13(6-4-12)17-7-9-18(10-8-17)15(19)14-2-1-11-20-14;/h1-6,11H,7-10H2;1H. The maximum absolute atomic E-state index is 12.9. The summed E-state index contributed by atoms with van der Waals surface area (Å²) < 4.78 is 18.0. The van der Waals surface area contributed by atoms with Crippen LogP contribution in [0.4, 0.5) is 10.1 Å². The molecule has 3 rings (SSSR count). The molecular formula is C15H16ClFN2O2. The molecular weight excluding hydrogens is 295 g/mol. The molecule has 6 heteroatoms. The van der Waals surface area contributed by atoms with E-state index < -0.39 is 0 Å². The predicted octanol–water partition coefficient (Wildman–Crippen LogP) is -1.90. The van der Waals surface area contributed by atoms with Gasteiger partial charge in [0.1, 0.15) is 11.5 Å². The van der Waals surface area contributed by atoms with Crippen molar-refractivity contribution >= 4 is 11.6 Å². The predicted molar refractivity (Wildman–Crippen MR) is 71.4 cm³/mol. The molecule has 1 aliphatic rings. The molecule has 0 saturated carbocycles. The van der Waals surface area contributed by atoms with Gasteiger partial charge in [0.25, 0.3) is 5.91 Å². The number of halogens is 2. The number of hydrogen-bond acceptors (Lipinski definition) is 2. The van der Waals surface area contributed by atoms with E-state index in [9.17, 15) is 9.18 Å². The highest BCUT2D eigenvalue weighted by Crippen LogP contribution is 2.08. The highest BCUT2D eigenvalue weighted by atomic mass is 35.5. The normalized spacial score (nSPS) is 15.6. The molecule has 1 N–H and O–H groups in total. The number of amides is 1. The molecule has 1 amide bonds. The quantitative estimate of drug-likeness (QED) is 0.703. The molecule has 1 aliphatic heterocycles.